The van der Waals surface area contributed by atoms with E-state index in [0.717, 1.165) is 28.2 Å². The van der Waals surface area contributed by atoms with Gasteiger partial charge in [0.1, 0.15) is 0 Å². The maximum atomic E-state index is 12.4. The highest BCUT2D eigenvalue weighted by atomic mass is 35.5. The number of methoxy groups -OCH3 is 1. The number of rotatable bonds is 6. The number of hydrogen-bond acceptors (Lipinski definition) is 3. The molecule has 0 spiro atoms. The zero-order valence-electron chi connectivity index (χ0n) is 16.3. The highest BCUT2D eigenvalue weighted by Crippen LogP contribution is 2.28. The van der Waals surface area contributed by atoms with E-state index in [-0.39, 0.29) is 5.91 Å². The largest absolute Gasteiger partial charge is 0.367 e. The number of nitrogens with zero attached hydrogens (tertiary/aromatic N) is 2. The van der Waals surface area contributed by atoms with E-state index in [0.29, 0.717) is 10.0 Å². The molecule has 1 atom stereocenters. The number of hydrogen-bond donors (Lipinski definition) is 1. The summed E-state index contributed by atoms with van der Waals surface area (Å²) in [5, 5.41) is 5.25. The molecule has 0 unspecified atom stereocenters. The summed E-state index contributed by atoms with van der Waals surface area (Å²) >= 11 is 12.4. The van der Waals surface area contributed by atoms with Gasteiger partial charge < -0.3 is 9.30 Å². The number of nitrogens with one attached hydrogen (secondary N) is 1. The smallest absolute Gasteiger partial charge is 0.273 e. The molecule has 1 amide bonds. The van der Waals surface area contributed by atoms with E-state index in [1.807, 2.05) is 60.9 Å². The minimum atomic E-state index is -0.728. The first kappa shape index (κ1) is 21.1. The maximum absolute atomic E-state index is 12.4. The van der Waals surface area contributed by atoms with Crippen LogP contribution in [0.1, 0.15) is 28.6 Å². The summed E-state index contributed by atoms with van der Waals surface area (Å²) in [4.78, 5) is 12.4. The fraction of sp³-hybridized carbons (Fsp3) is 0.182. The number of amides is 1. The number of carbonyl (C=O) groups excluding carboxylic acids is 1. The van der Waals surface area contributed by atoms with Gasteiger partial charge in [-0.15, -0.1) is 0 Å². The van der Waals surface area contributed by atoms with Crippen LogP contribution in [0.25, 0.3) is 5.69 Å². The van der Waals surface area contributed by atoms with Gasteiger partial charge in [-0.25, -0.2) is 5.43 Å². The fourth-order valence-electron chi connectivity index (χ4n) is 3.20. The lowest BCUT2D eigenvalue weighted by Crippen LogP contribution is -2.26. The lowest BCUT2D eigenvalue weighted by atomic mass is 10.1. The molecule has 29 heavy (non-hydrogen) atoms. The first-order chi connectivity index (χ1) is 13.9. The van der Waals surface area contributed by atoms with E-state index in [1.165, 1.54) is 7.11 Å². The quantitative estimate of drug-likeness (QED) is 0.430. The number of halogens is 2. The minimum Gasteiger partial charge on any atom is -0.367 e. The summed E-state index contributed by atoms with van der Waals surface area (Å²) in [6.07, 6.45) is 0.881. The van der Waals surface area contributed by atoms with Gasteiger partial charge in [-0.1, -0.05) is 53.5 Å². The molecule has 1 N–H and O–H groups in total. The Balaban J connectivity index is 1.79. The van der Waals surface area contributed by atoms with Crippen molar-refractivity contribution in [3.05, 3.63) is 87.2 Å². The number of hydrazone groups is 1. The molecule has 5 nitrogen and oxygen atoms in total. The Morgan fingerprint density at radius 1 is 1.14 bits per heavy atom. The van der Waals surface area contributed by atoms with Crippen molar-refractivity contribution in [3.8, 4) is 5.69 Å². The first-order valence-electron chi connectivity index (χ1n) is 8.97. The van der Waals surface area contributed by atoms with Crippen molar-refractivity contribution in [1.29, 1.82) is 0 Å². The van der Waals surface area contributed by atoms with Gasteiger partial charge in [-0.2, -0.15) is 5.10 Å². The van der Waals surface area contributed by atoms with E-state index >= 15 is 0 Å². The second-order valence-corrected chi connectivity index (χ2v) is 7.36. The summed E-state index contributed by atoms with van der Waals surface area (Å²) in [5.41, 5.74) is 6.93. The zero-order chi connectivity index (χ0) is 21.0. The van der Waals surface area contributed by atoms with Gasteiger partial charge in [-0.05, 0) is 43.7 Å². The Hall–Kier alpha value is -2.60. The van der Waals surface area contributed by atoms with Crippen LogP contribution in [0, 0.1) is 13.8 Å². The summed E-state index contributed by atoms with van der Waals surface area (Å²) in [5.74, 6) is -0.343. The third-order valence-electron chi connectivity index (χ3n) is 4.58. The molecule has 0 aliphatic rings. The van der Waals surface area contributed by atoms with Gasteiger partial charge in [0, 0.05) is 29.1 Å². The molecule has 0 aliphatic carbocycles. The van der Waals surface area contributed by atoms with Gasteiger partial charge in [0.25, 0.3) is 5.91 Å². The van der Waals surface area contributed by atoms with Crippen molar-refractivity contribution in [3.63, 3.8) is 0 Å². The van der Waals surface area contributed by atoms with E-state index in [9.17, 15) is 4.79 Å². The summed E-state index contributed by atoms with van der Waals surface area (Å²) in [7, 11) is 1.49. The van der Waals surface area contributed by atoms with Crippen molar-refractivity contribution in [2.24, 2.45) is 5.10 Å². The van der Waals surface area contributed by atoms with E-state index in [1.54, 1.807) is 18.3 Å². The Morgan fingerprint density at radius 3 is 2.52 bits per heavy atom. The van der Waals surface area contributed by atoms with Crippen LogP contribution in [0.4, 0.5) is 0 Å². The number of aromatic nitrogens is 1. The molecule has 3 aromatic rings. The van der Waals surface area contributed by atoms with Crippen molar-refractivity contribution >= 4 is 35.3 Å². The number of aryl methyl sites for hydroxylation is 1. The Kier molecular flexibility index (Phi) is 6.75. The normalized spacial score (nSPS) is 12.3. The van der Waals surface area contributed by atoms with Crippen molar-refractivity contribution in [2.45, 2.75) is 20.0 Å². The van der Waals surface area contributed by atoms with Crippen LogP contribution in [0.2, 0.25) is 10.0 Å². The van der Waals surface area contributed by atoms with Crippen molar-refractivity contribution in [1.82, 2.24) is 9.99 Å². The molecule has 150 valence electrons. The topological polar surface area (TPSA) is 55.6 Å². The lowest BCUT2D eigenvalue weighted by Gasteiger charge is -2.13. The highest BCUT2D eigenvalue weighted by Gasteiger charge is 2.19. The van der Waals surface area contributed by atoms with E-state index in [2.05, 4.69) is 10.5 Å². The average Bonchev–Trinajstić information content (AvgIpc) is 2.97. The maximum Gasteiger partial charge on any atom is 0.273 e. The summed E-state index contributed by atoms with van der Waals surface area (Å²) in [6, 6.07) is 16.6. The highest BCUT2D eigenvalue weighted by molar-refractivity contribution is 6.35. The second-order valence-electron chi connectivity index (χ2n) is 6.52. The van der Waals surface area contributed by atoms with Crippen LogP contribution in [0.15, 0.2) is 59.7 Å². The molecule has 0 saturated carbocycles. The molecule has 1 aromatic heterocycles. The van der Waals surface area contributed by atoms with Gasteiger partial charge in [-0.3, -0.25) is 4.79 Å². The Bertz CT molecular complexity index is 1050. The average molecular weight is 430 g/mol. The molecule has 0 radical (unpaired) electrons. The predicted molar refractivity (Wildman–Crippen MR) is 117 cm³/mol. The van der Waals surface area contributed by atoms with Crippen molar-refractivity contribution < 1.29 is 9.53 Å². The minimum absolute atomic E-state index is 0.343. The Labute approximate surface area is 179 Å². The summed E-state index contributed by atoms with van der Waals surface area (Å²) in [6.45, 7) is 3.94. The van der Waals surface area contributed by atoms with Gasteiger partial charge in [0.15, 0.2) is 6.10 Å². The lowest BCUT2D eigenvalue weighted by molar-refractivity contribution is -0.131. The molecule has 0 fully saturated rings. The van der Waals surface area contributed by atoms with Gasteiger partial charge in [0.05, 0.1) is 16.9 Å². The second kappa shape index (κ2) is 9.27. The molecular weight excluding hydrogens is 409 g/mol. The van der Waals surface area contributed by atoms with Gasteiger partial charge >= 0.3 is 0 Å². The molecule has 0 aliphatic heterocycles. The monoisotopic (exact) mass is 429 g/mol. The molecule has 2 aromatic carbocycles. The molecule has 7 heteroatoms. The number of ether oxygens (including phenoxy) is 1. The van der Waals surface area contributed by atoms with Crippen LogP contribution >= 0.6 is 23.2 Å². The SMILES string of the molecule is CO[C@@H](C(=O)N/N=C\c1cc(C)n(-c2ccc(Cl)cc2Cl)c1C)c1ccccc1. The fourth-order valence-corrected chi connectivity index (χ4v) is 3.69. The summed E-state index contributed by atoms with van der Waals surface area (Å²) < 4.78 is 7.33. The molecule has 0 saturated heterocycles. The van der Waals surface area contributed by atoms with Crippen molar-refractivity contribution in [2.75, 3.05) is 7.11 Å². The third kappa shape index (κ3) is 4.70. The molecule has 0 bridgehead atoms. The molecule has 1 heterocycles. The van der Waals surface area contributed by atoms with E-state index < -0.39 is 6.10 Å². The van der Waals surface area contributed by atoms with Crippen LogP contribution < -0.4 is 5.43 Å². The van der Waals surface area contributed by atoms with Crippen LogP contribution in [0.5, 0.6) is 0 Å². The number of carbonyl (C=O) groups is 1. The molecular formula is C22H21Cl2N3O2. The first-order valence-corrected chi connectivity index (χ1v) is 9.73. The Morgan fingerprint density at radius 2 is 1.86 bits per heavy atom. The number of benzene rings is 2. The van der Waals surface area contributed by atoms with Crippen LogP contribution in [-0.4, -0.2) is 23.8 Å². The van der Waals surface area contributed by atoms with Crippen LogP contribution in [-0.2, 0) is 9.53 Å². The van der Waals surface area contributed by atoms with E-state index in [4.69, 9.17) is 27.9 Å². The predicted octanol–water partition coefficient (Wildman–Crippen LogP) is 5.24. The standard InChI is InChI=1S/C22H21Cl2N3O2/c1-14-11-17(15(2)27(14)20-10-9-18(23)12-19(20)24)13-25-26-22(28)21(29-3)16-7-5-4-6-8-16/h4-13,21H,1-3H3,(H,26,28)/b25-13-/t21-/m1/s1. The molecule has 3 rings (SSSR count). The third-order valence-corrected chi connectivity index (χ3v) is 5.11. The van der Waals surface area contributed by atoms with Gasteiger partial charge in [0.2, 0.25) is 0 Å². The zero-order valence-corrected chi connectivity index (χ0v) is 17.8. The van der Waals surface area contributed by atoms with Crippen LogP contribution in [0.3, 0.4) is 0 Å².